The summed E-state index contributed by atoms with van der Waals surface area (Å²) in [5, 5.41) is 12.3. The van der Waals surface area contributed by atoms with Gasteiger partial charge >= 0.3 is 11.9 Å². The molecule has 1 amide bonds. The maximum atomic E-state index is 12.0. The minimum Gasteiger partial charge on any atom is -0.507 e. The van der Waals surface area contributed by atoms with E-state index in [1.165, 1.54) is 49.6 Å². The first-order chi connectivity index (χ1) is 13.3. The van der Waals surface area contributed by atoms with Crippen molar-refractivity contribution in [2.45, 2.75) is 20.0 Å². The number of carbonyl (C=O) groups excluding carboxylic acids is 3. The van der Waals surface area contributed by atoms with Crippen LogP contribution in [0.1, 0.15) is 34.6 Å². The van der Waals surface area contributed by atoms with Gasteiger partial charge in [0, 0.05) is 11.8 Å². The largest absolute Gasteiger partial charge is 0.507 e. The van der Waals surface area contributed by atoms with Gasteiger partial charge in [-0.2, -0.15) is 0 Å². The predicted octanol–water partition coefficient (Wildman–Crippen LogP) is 2.76. The Morgan fingerprint density at radius 3 is 2.29 bits per heavy atom. The molecule has 0 saturated heterocycles. The van der Waals surface area contributed by atoms with Crippen LogP contribution in [0.25, 0.3) is 0 Å². The number of ether oxygens (including phenoxy) is 3. The number of hydrogen-bond donors (Lipinski definition) is 2. The fourth-order valence-electron chi connectivity index (χ4n) is 2.19. The summed E-state index contributed by atoms with van der Waals surface area (Å²) < 4.78 is 14.9. The Hall–Kier alpha value is -3.55. The molecule has 0 unspecified atom stereocenters. The second kappa shape index (κ2) is 9.40. The number of aromatic hydroxyl groups is 1. The minimum atomic E-state index is -0.845. The highest BCUT2D eigenvalue weighted by Crippen LogP contribution is 2.24. The van der Waals surface area contributed by atoms with Gasteiger partial charge in [0.25, 0.3) is 5.91 Å². The summed E-state index contributed by atoms with van der Waals surface area (Å²) in [7, 11) is 1.43. The molecule has 8 nitrogen and oxygen atoms in total. The van der Waals surface area contributed by atoms with E-state index in [-0.39, 0.29) is 17.4 Å². The van der Waals surface area contributed by atoms with Gasteiger partial charge in [0.05, 0.1) is 18.8 Å². The zero-order chi connectivity index (χ0) is 20.7. The Balaban J connectivity index is 1.88. The van der Waals surface area contributed by atoms with Crippen LogP contribution in [0.4, 0.5) is 5.69 Å². The number of benzene rings is 2. The second-order valence-corrected chi connectivity index (χ2v) is 6.04. The van der Waals surface area contributed by atoms with E-state index in [1.54, 1.807) is 13.8 Å². The Morgan fingerprint density at radius 1 is 1.04 bits per heavy atom. The van der Waals surface area contributed by atoms with Crippen LogP contribution in [-0.4, -0.2) is 42.8 Å². The molecule has 0 heterocycles. The molecule has 2 rings (SSSR count). The smallest absolute Gasteiger partial charge is 0.342 e. The van der Waals surface area contributed by atoms with Crippen molar-refractivity contribution in [3.8, 4) is 11.5 Å². The Kier molecular flexibility index (Phi) is 6.97. The molecule has 2 aromatic rings. The number of phenolic OH excluding ortho intramolecular Hbond substituents is 1. The van der Waals surface area contributed by atoms with Crippen LogP contribution in [0.5, 0.6) is 11.5 Å². The van der Waals surface area contributed by atoms with Crippen molar-refractivity contribution in [2.24, 2.45) is 0 Å². The highest BCUT2D eigenvalue weighted by molar-refractivity contribution is 5.97. The molecular weight excluding hydrogens is 366 g/mol. The maximum Gasteiger partial charge on any atom is 0.342 e. The van der Waals surface area contributed by atoms with E-state index < -0.39 is 24.5 Å². The first kappa shape index (κ1) is 20.8. The summed E-state index contributed by atoms with van der Waals surface area (Å²) in [5.41, 5.74) is 0.698. The monoisotopic (exact) mass is 387 g/mol. The first-order valence-corrected chi connectivity index (χ1v) is 8.45. The standard InChI is InChI=1S/C20H21NO7/c1-12(2)28-19(24)13-4-6-14(7-5-13)21-18(23)11-27-20(25)16-9-8-15(26-3)10-17(16)22/h4-10,12,22H,11H2,1-3H3,(H,21,23). The molecule has 0 aliphatic heterocycles. The third-order valence-electron chi connectivity index (χ3n) is 3.51. The SMILES string of the molecule is COc1ccc(C(=O)OCC(=O)Nc2ccc(C(=O)OC(C)C)cc2)c(O)c1. The van der Waals surface area contributed by atoms with Gasteiger partial charge in [0.2, 0.25) is 0 Å². The summed E-state index contributed by atoms with van der Waals surface area (Å²) in [6.07, 6.45) is -0.230. The van der Waals surface area contributed by atoms with Crippen LogP contribution in [0, 0.1) is 0 Å². The van der Waals surface area contributed by atoms with Crippen LogP contribution in [0.3, 0.4) is 0 Å². The van der Waals surface area contributed by atoms with Crippen LogP contribution >= 0.6 is 0 Å². The Labute approximate surface area is 162 Å². The fraction of sp³-hybridized carbons (Fsp3) is 0.250. The highest BCUT2D eigenvalue weighted by Gasteiger charge is 2.15. The lowest BCUT2D eigenvalue weighted by molar-refractivity contribution is -0.119. The average Bonchev–Trinajstić information content (AvgIpc) is 2.66. The molecular formula is C20H21NO7. The van der Waals surface area contributed by atoms with Gasteiger partial charge in [0.1, 0.15) is 17.1 Å². The summed E-state index contributed by atoms with van der Waals surface area (Å²) in [5.74, 6) is -1.80. The molecule has 0 bridgehead atoms. The van der Waals surface area contributed by atoms with Crippen LogP contribution in [0.15, 0.2) is 42.5 Å². The van der Waals surface area contributed by atoms with Gasteiger partial charge in [-0.05, 0) is 50.2 Å². The Morgan fingerprint density at radius 2 is 1.71 bits per heavy atom. The molecule has 8 heteroatoms. The van der Waals surface area contributed by atoms with Crippen molar-refractivity contribution >= 4 is 23.5 Å². The van der Waals surface area contributed by atoms with Gasteiger partial charge < -0.3 is 24.6 Å². The lowest BCUT2D eigenvalue weighted by Gasteiger charge is -2.10. The molecule has 0 radical (unpaired) electrons. The van der Waals surface area contributed by atoms with E-state index in [9.17, 15) is 19.5 Å². The number of amides is 1. The van der Waals surface area contributed by atoms with Gasteiger partial charge in [-0.15, -0.1) is 0 Å². The van der Waals surface area contributed by atoms with Crippen molar-refractivity contribution in [1.29, 1.82) is 0 Å². The Bertz CT molecular complexity index is 859. The molecule has 0 saturated carbocycles. The first-order valence-electron chi connectivity index (χ1n) is 8.45. The van der Waals surface area contributed by atoms with Gasteiger partial charge in [-0.3, -0.25) is 4.79 Å². The van der Waals surface area contributed by atoms with Crippen molar-refractivity contribution in [2.75, 3.05) is 19.0 Å². The molecule has 148 valence electrons. The molecule has 0 aromatic heterocycles. The van der Waals surface area contributed by atoms with E-state index >= 15 is 0 Å². The predicted molar refractivity (Wildman–Crippen MR) is 101 cm³/mol. The van der Waals surface area contributed by atoms with E-state index in [2.05, 4.69) is 5.32 Å². The maximum absolute atomic E-state index is 12.0. The lowest BCUT2D eigenvalue weighted by atomic mass is 10.2. The molecule has 0 atom stereocenters. The van der Waals surface area contributed by atoms with Crippen LogP contribution < -0.4 is 10.1 Å². The van der Waals surface area contributed by atoms with Gasteiger partial charge in [0.15, 0.2) is 6.61 Å². The molecule has 0 fully saturated rings. The van der Waals surface area contributed by atoms with Crippen LogP contribution in [0.2, 0.25) is 0 Å². The number of esters is 2. The average molecular weight is 387 g/mol. The van der Waals surface area contributed by atoms with Gasteiger partial charge in [-0.25, -0.2) is 9.59 Å². The molecule has 0 spiro atoms. The quantitative estimate of drug-likeness (QED) is 0.703. The normalized spacial score (nSPS) is 10.3. The van der Waals surface area contributed by atoms with E-state index in [0.717, 1.165) is 0 Å². The summed E-state index contributed by atoms with van der Waals surface area (Å²) >= 11 is 0. The number of carbonyl (C=O) groups is 3. The number of hydrogen-bond acceptors (Lipinski definition) is 7. The zero-order valence-electron chi connectivity index (χ0n) is 15.7. The number of methoxy groups -OCH3 is 1. The number of phenols is 1. The summed E-state index contributed by atoms with van der Waals surface area (Å²) in [6, 6.07) is 10.2. The van der Waals surface area contributed by atoms with E-state index in [4.69, 9.17) is 14.2 Å². The summed E-state index contributed by atoms with van der Waals surface area (Å²) in [6.45, 7) is 2.96. The van der Waals surface area contributed by atoms with Crippen molar-refractivity contribution < 1.29 is 33.7 Å². The molecule has 0 aliphatic carbocycles. The minimum absolute atomic E-state index is 0.0818. The summed E-state index contributed by atoms with van der Waals surface area (Å²) in [4.78, 5) is 35.7. The molecule has 2 aromatic carbocycles. The number of nitrogens with one attached hydrogen (secondary N) is 1. The van der Waals surface area contributed by atoms with Crippen LogP contribution in [-0.2, 0) is 14.3 Å². The highest BCUT2D eigenvalue weighted by atomic mass is 16.5. The lowest BCUT2D eigenvalue weighted by Crippen LogP contribution is -2.21. The third kappa shape index (κ3) is 5.73. The van der Waals surface area contributed by atoms with E-state index in [1.807, 2.05) is 0 Å². The topological polar surface area (TPSA) is 111 Å². The van der Waals surface area contributed by atoms with Gasteiger partial charge in [-0.1, -0.05) is 0 Å². The van der Waals surface area contributed by atoms with E-state index in [0.29, 0.717) is 17.0 Å². The molecule has 2 N–H and O–H groups in total. The molecule has 0 aliphatic rings. The number of anilines is 1. The zero-order valence-corrected chi connectivity index (χ0v) is 15.7. The molecule has 28 heavy (non-hydrogen) atoms. The second-order valence-electron chi connectivity index (χ2n) is 6.04. The van der Waals surface area contributed by atoms with Crippen molar-refractivity contribution in [3.05, 3.63) is 53.6 Å². The van der Waals surface area contributed by atoms with Crippen molar-refractivity contribution in [3.63, 3.8) is 0 Å². The number of rotatable bonds is 7. The third-order valence-corrected chi connectivity index (χ3v) is 3.51. The fourth-order valence-corrected chi connectivity index (χ4v) is 2.19. The van der Waals surface area contributed by atoms with Crippen molar-refractivity contribution in [1.82, 2.24) is 0 Å².